The molecule has 0 aromatic carbocycles. The largest absolute Gasteiger partial charge is 0.448 e. The Bertz CT molecular complexity index is 249. The maximum absolute atomic E-state index is 11.7. The second-order valence-corrected chi connectivity index (χ2v) is 3.79. The average Bonchev–Trinajstić information content (AvgIpc) is 2.60. The van der Waals surface area contributed by atoms with E-state index in [4.69, 9.17) is 5.73 Å². The molecule has 6 heteroatoms. The predicted molar refractivity (Wildman–Crippen MR) is 54.2 cm³/mol. The maximum Gasteiger partial charge on any atom is 0.404 e. The van der Waals surface area contributed by atoms with Crippen molar-refractivity contribution in [1.82, 2.24) is 10.6 Å². The second kappa shape index (κ2) is 4.97. The number of rotatable bonds is 4. The first-order valence-corrected chi connectivity index (χ1v) is 5.00. The van der Waals surface area contributed by atoms with Gasteiger partial charge >= 0.3 is 6.09 Å². The number of amides is 2. The van der Waals surface area contributed by atoms with Gasteiger partial charge in [0.25, 0.3) is 0 Å². The molecule has 1 heterocycles. The Kier molecular flexibility index (Phi) is 3.90. The number of primary amides is 1. The molecule has 0 aromatic rings. The SMILES string of the molecule is CC1(C(=O)NCCOC(N)=O)CCCN1. The summed E-state index contributed by atoms with van der Waals surface area (Å²) >= 11 is 0. The van der Waals surface area contributed by atoms with E-state index >= 15 is 0 Å². The number of carbonyl (C=O) groups excluding carboxylic acids is 2. The van der Waals surface area contributed by atoms with Crippen LogP contribution in [0.2, 0.25) is 0 Å². The minimum Gasteiger partial charge on any atom is -0.448 e. The molecule has 1 fully saturated rings. The number of carbonyl (C=O) groups is 2. The third kappa shape index (κ3) is 3.39. The lowest BCUT2D eigenvalue weighted by molar-refractivity contribution is -0.126. The summed E-state index contributed by atoms with van der Waals surface area (Å²) in [5.41, 5.74) is 4.29. The molecule has 2 amide bonds. The van der Waals surface area contributed by atoms with E-state index in [0.717, 1.165) is 19.4 Å². The van der Waals surface area contributed by atoms with Gasteiger partial charge < -0.3 is 21.1 Å². The summed E-state index contributed by atoms with van der Waals surface area (Å²) < 4.78 is 4.49. The molecule has 0 aliphatic carbocycles. The zero-order valence-corrected chi connectivity index (χ0v) is 8.84. The van der Waals surface area contributed by atoms with Gasteiger partial charge in [-0.25, -0.2) is 4.79 Å². The zero-order chi connectivity index (χ0) is 11.3. The molecule has 15 heavy (non-hydrogen) atoms. The standard InChI is InChI=1S/C9H17N3O3/c1-9(3-2-4-12-9)7(13)11-5-6-15-8(10)14/h12H,2-6H2,1H3,(H2,10,14)(H,11,13). The Balaban J connectivity index is 2.21. The summed E-state index contributed by atoms with van der Waals surface area (Å²) in [6.45, 7) is 3.13. The Labute approximate surface area is 88.5 Å². The van der Waals surface area contributed by atoms with Crippen LogP contribution < -0.4 is 16.4 Å². The van der Waals surface area contributed by atoms with Crippen LogP contribution in [-0.4, -0.2) is 37.2 Å². The van der Waals surface area contributed by atoms with Crippen LogP contribution in [0.4, 0.5) is 4.79 Å². The van der Waals surface area contributed by atoms with Crippen LogP contribution in [0.15, 0.2) is 0 Å². The van der Waals surface area contributed by atoms with Gasteiger partial charge in [-0.2, -0.15) is 0 Å². The third-order valence-electron chi connectivity index (χ3n) is 2.50. The van der Waals surface area contributed by atoms with E-state index in [2.05, 4.69) is 15.4 Å². The molecule has 0 bridgehead atoms. The van der Waals surface area contributed by atoms with Crippen LogP contribution in [0.5, 0.6) is 0 Å². The van der Waals surface area contributed by atoms with Gasteiger partial charge in [-0.1, -0.05) is 0 Å². The van der Waals surface area contributed by atoms with Crippen molar-refractivity contribution < 1.29 is 14.3 Å². The summed E-state index contributed by atoms with van der Waals surface area (Å²) in [5, 5.41) is 5.82. The quantitative estimate of drug-likeness (QED) is 0.543. The van der Waals surface area contributed by atoms with Crippen molar-refractivity contribution in [3.63, 3.8) is 0 Å². The lowest BCUT2D eigenvalue weighted by atomic mass is 9.99. The Morgan fingerprint density at radius 3 is 2.87 bits per heavy atom. The molecule has 1 unspecified atom stereocenters. The number of hydrogen-bond donors (Lipinski definition) is 3. The lowest BCUT2D eigenvalue weighted by Gasteiger charge is -2.22. The molecule has 1 aliphatic rings. The first kappa shape index (κ1) is 11.8. The Hall–Kier alpha value is -1.30. The normalized spacial score (nSPS) is 24.9. The first-order valence-electron chi connectivity index (χ1n) is 5.00. The minimum absolute atomic E-state index is 0.0620. The second-order valence-electron chi connectivity index (χ2n) is 3.79. The number of nitrogens with one attached hydrogen (secondary N) is 2. The fraction of sp³-hybridized carbons (Fsp3) is 0.778. The molecule has 0 radical (unpaired) electrons. The fourth-order valence-corrected chi connectivity index (χ4v) is 1.60. The van der Waals surface area contributed by atoms with E-state index in [-0.39, 0.29) is 12.5 Å². The highest BCUT2D eigenvalue weighted by atomic mass is 16.5. The third-order valence-corrected chi connectivity index (χ3v) is 2.50. The molecule has 1 saturated heterocycles. The van der Waals surface area contributed by atoms with Crippen molar-refractivity contribution >= 4 is 12.0 Å². The molecule has 4 N–H and O–H groups in total. The topological polar surface area (TPSA) is 93.4 Å². The highest BCUT2D eigenvalue weighted by Crippen LogP contribution is 2.17. The summed E-state index contributed by atoms with van der Waals surface area (Å²) in [5.74, 6) is -0.0620. The lowest BCUT2D eigenvalue weighted by Crippen LogP contribution is -2.51. The molecule has 1 aliphatic heterocycles. The fourth-order valence-electron chi connectivity index (χ4n) is 1.60. The van der Waals surface area contributed by atoms with Gasteiger partial charge in [-0.05, 0) is 26.3 Å². The first-order chi connectivity index (χ1) is 7.04. The van der Waals surface area contributed by atoms with E-state index in [9.17, 15) is 9.59 Å². The monoisotopic (exact) mass is 215 g/mol. The summed E-state index contributed by atoms with van der Waals surface area (Å²) in [7, 11) is 0. The number of nitrogens with two attached hydrogens (primary N) is 1. The van der Waals surface area contributed by atoms with Gasteiger partial charge in [0.05, 0.1) is 12.1 Å². The summed E-state index contributed by atoms with van der Waals surface area (Å²) in [6, 6.07) is 0. The smallest absolute Gasteiger partial charge is 0.404 e. The molecular formula is C9H17N3O3. The predicted octanol–water partition coefficient (Wildman–Crippen LogP) is -0.660. The number of hydrogen-bond acceptors (Lipinski definition) is 4. The Morgan fingerprint density at radius 2 is 2.33 bits per heavy atom. The number of ether oxygens (including phenoxy) is 1. The van der Waals surface area contributed by atoms with Crippen LogP contribution in [0.25, 0.3) is 0 Å². The average molecular weight is 215 g/mol. The van der Waals surface area contributed by atoms with Crippen LogP contribution in [0, 0.1) is 0 Å². The van der Waals surface area contributed by atoms with Gasteiger partial charge in [0.15, 0.2) is 0 Å². The van der Waals surface area contributed by atoms with Crippen molar-refractivity contribution in [2.24, 2.45) is 5.73 Å². The van der Waals surface area contributed by atoms with Crippen LogP contribution >= 0.6 is 0 Å². The van der Waals surface area contributed by atoms with Gasteiger partial charge in [-0.3, -0.25) is 4.79 Å². The maximum atomic E-state index is 11.7. The van der Waals surface area contributed by atoms with Crippen molar-refractivity contribution in [2.45, 2.75) is 25.3 Å². The summed E-state index contributed by atoms with van der Waals surface area (Å²) in [4.78, 5) is 21.9. The summed E-state index contributed by atoms with van der Waals surface area (Å²) in [6.07, 6.45) is 1.01. The molecule has 0 aromatic heterocycles. The van der Waals surface area contributed by atoms with Crippen molar-refractivity contribution in [3.8, 4) is 0 Å². The van der Waals surface area contributed by atoms with Crippen LogP contribution in [0.3, 0.4) is 0 Å². The zero-order valence-electron chi connectivity index (χ0n) is 8.84. The van der Waals surface area contributed by atoms with Gasteiger partial charge in [0, 0.05) is 0 Å². The van der Waals surface area contributed by atoms with Crippen molar-refractivity contribution in [2.75, 3.05) is 19.7 Å². The molecule has 6 nitrogen and oxygen atoms in total. The van der Waals surface area contributed by atoms with Crippen LogP contribution in [0.1, 0.15) is 19.8 Å². The molecule has 86 valence electrons. The molecule has 1 atom stereocenters. The van der Waals surface area contributed by atoms with E-state index in [1.807, 2.05) is 6.92 Å². The van der Waals surface area contributed by atoms with Gasteiger partial charge in [0.2, 0.25) is 5.91 Å². The van der Waals surface area contributed by atoms with Crippen molar-refractivity contribution in [1.29, 1.82) is 0 Å². The van der Waals surface area contributed by atoms with Crippen LogP contribution in [-0.2, 0) is 9.53 Å². The van der Waals surface area contributed by atoms with E-state index in [0.29, 0.717) is 6.54 Å². The Morgan fingerprint density at radius 1 is 1.60 bits per heavy atom. The molecule has 0 spiro atoms. The molecule has 1 rings (SSSR count). The minimum atomic E-state index is -0.825. The van der Waals surface area contributed by atoms with E-state index < -0.39 is 11.6 Å². The van der Waals surface area contributed by atoms with E-state index in [1.165, 1.54) is 0 Å². The highest BCUT2D eigenvalue weighted by molar-refractivity contribution is 5.86. The highest BCUT2D eigenvalue weighted by Gasteiger charge is 2.35. The molecular weight excluding hydrogens is 198 g/mol. The van der Waals surface area contributed by atoms with Crippen molar-refractivity contribution in [3.05, 3.63) is 0 Å². The van der Waals surface area contributed by atoms with E-state index in [1.54, 1.807) is 0 Å². The molecule has 0 saturated carbocycles. The van der Waals surface area contributed by atoms with Gasteiger partial charge in [0.1, 0.15) is 6.61 Å². The van der Waals surface area contributed by atoms with Gasteiger partial charge in [-0.15, -0.1) is 0 Å².